The van der Waals surface area contributed by atoms with Crippen molar-refractivity contribution in [3.8, 4) is 11.1 Å². The quantitative estimate of drug-likeness (QED) is 0.746. The maximum Gasteiger partial charge on any atom is 0.253 e. The lowest BCUT2D eigenvalue weighted by atomic mass is 10.0. The molecule has 4 rings (SSSR count). The molecule has 0 bridgehead atoms. The largest absolute Gasteiger partial charge is 0.380 e. The summed E-state index contributed by atoms with van der Waals surface area (Å²) in [4.78, 5) is 14.7. The van der Waals surface area contributed by atoms with Gasteiger partial charge < -0.3 is 10.2 Å². The number of anilines is 1. The second-order valence-electron chi connectivity index (χ2n) is 6.69. The Hall–Kier alpha value is -3.07. The average Bonchev–Trinajstić information content (AvgIpc) is 3.17. The molecule has 1 unspecified atom stereocenters. The Balaban J connectivity index is 1.40. The molecule has 26 heavy (non-hydrogen) atoms. The molecule has 1 aliphatic rings. The van der Waals surface area contributed by atoms with Crippen LogP contribution in [0.1, 0.15) is 16.8 Å². The Bertz CT molecular complexity index is 860. The van der Waals surface area contributed by atoms with E-state index in [0.29, 0.717) is 6.04 Å². The number of hydrogen-bond acceptors (Lipinski definition) is 2. The number of likely N-dealkylation sites (tertiary alicyclic amines) is 1. The van der Waals surface area contributed by atoms with Crippen molar-refractivity contribution in [2.45, 2.75) is 12.5 Å². The van der Waals surface area contributed by atoms with Crippen LogP contribution in [0.2, 0.25) is 0 Å². The normalized spacial score (nSPS) is 16.5. The zero-order valence-corrected chi connectivity index (χ0v) is 14.6. The number of amides is 1. The first-order valence-corrected chi connectivity index (χ1v) is 9.06. The zero-order valence-electron chi connectivity index (χ0n) is 14.6. The van der Waals surface area contributed by atoms with Gasteiger partial charge in [0.25, 0.3) is 5.91 Å². The Morgan fingerprint density at radius 2 is 1.42 bits per heavy atom. The van der Waals surface area contributed by atoms with E-state index in [1.807, 2.05) is 65.6 Å². The SMILES string of the molecule is O=C(c1ccc(-c2ccccc2)cc1)N1CCC(Nc2ccccc2)C1. The molecule has 3 aromatic carbocycles. The molecule has 1 aliphatic heterocycles. The average molecular weight is 342 g/mol. The maximum atomic E-state index is 12.8. The van der Waals surface area contributed by atoms with E-state index in [0.717, 1.165) is 36.3 Å². The number of carbonyl (C=O) groups is 1. The van der Waals surface area contributed by atoms with Crippen LogP contribution in [0, 0.1) is 0 Å². The number of benzene rings is 3. The van der Waals surface area contributed by atoms with Gasteiger partial charge in [-0.1, -0.05) is 60.7 Å². The van der Waals surface area contributed by atoms with E-state index in [-0.39, 0.29) is 5.91 Å². The van der Waals surface area contributed by atoms with E-state index in [4.69, 9.17) is 0 Å². The molecule has 3 aromatic rings. The second-order valence-corrected chi connectivity index (χ2v) is 6.69. The Labute approximate surface area is 154 Å². The van der Waals surface area contributed by atoms with Crippen LogP contribution >= 0.6 is 0 Å². The second kappa shape index (κ2) is 7.44. The maximum absolute atomic E-state index is 12.8. The summed E-state index contributed by atoms with van der Waals surface area (Å²) in [5.41, 5.74) is 4.16. The molecule has 130 valence electrons. The predicted octanol–water partition coefficient (Wildman–Crippen LogP) is 4.68. The lowest BCUT2D eigenvalue weighted by Gasteiger charge is -2.18. The summed E-state index contributed by atoms with van der Waals surface area (Å²) < 4.78 is 0. The van der Waals surface area contributed by atoms with Crippen molar-refractivity contribution in [1.29, 1.82) is 0 Å². The lowest BCUT2D eigenvalue weighted by molar-refractivity contribution is 0.0791. The number of hydrogen-bond donors (Lipinski definition) is 1. The highest BCUT2D eigenvalue weighted by Gasteiger charge is 2.26. The van der Waals surface area contributed by atoms with E-state index < -0.39 is 0 Å². The Morgan fingerprint density at radius 3 is 2.12 bits per heavy atom. The van der Waals surface area contributed by atoms with Crippen molar-refractivity contribution in [2.75, 3.05) is 18.4 Å². The fraction of sp³-hybridized carbons (Fsp3) is 0.174. The van der Waals surface area contributed by atoms with Crippen molar-refractivity contribution in [3.05, 3.63) is 90.5 Å². The first-order valence-electron chi connectivity index (χ1n) is 9.06. The summed E-state index contributed by atoms with van der Waals surface area (Å²) in [5, 5.41) is 3.51. The summed E-state index contributed by atoms with van der Waals surface area (Å²) >= 11 is 0. The van der Waals surface area contributed by atoms with Gasteiger partial charge in [0, 0.05) is 30.4 Å². The monoisotopic (exact) mass is 342 g/mol. The van der Waals surface area contributed by atoms with Crippen molar-refractivity contribution in [3.63, 3.8) is 0 Å². The molecule has 1 atom stereocenters. The minimum absolute atomic E-state index is 0.113. The standard InChI is InChI=1S/C23H22N2O/c26-23(20-13-11-19(12-14-20)18-7-3-1-4-8-18)25-16-15-22(17-25)24-21-9-5-2-6-10-21/h1-14,22,24H,15-17H2. The van der Waals surface area contributed by atoms with Crippen LogP contribution in [0.25, 0.3) is 11.1 Å². The van der Waals surface area contributed by atoms with Crippen LogP contribution in [0.3, 0.4) is 0 Å². The van der Waals surface area contributed by atoms with Gasteiger partial charge in [0.15, 0.2) is 0 Å². The van der Waals surface area contributed by atoms with Crippen LogP contribution in [0.15, 0.2) is 84.9 Å². The third kappa shape index (κ3) is 3.62. The van der Waals surface area contributed by atoms with Gasteiger partial charge in [0.05, 0.1) is 0 Å². The van der Waals surface area contributed by atoms with Gasteiger partial charge in [-0.05, 0) is 41.8 Å². The number of para-hydroxylation sites is 1. The summed E-state index contributed by atoms with van der Waals surface area (Å²) in [5.74, 6) is 0.113. The summed E-state index contributed by atoms with van der Waals surface area (Å²) in [7, 11) is 0. The van der Waals surface area contributed by atoms with Gasteiger partial charge in [0.2, 0.25) is 0 Å². The molecular weight excluding hydrogens is 320 g/mol. The Kier molecular flexibility index (Phi) is 4.69. The molecular formula is C23H22N2O. The predicted molar refractivity (Wildman–Crippen MR) is 106 cm³/mol. The van der Waals surface area contributed by atoms with E-state index >= 15 is 0 Å². The number of carbonyl (C=O) groups excluding carboxylic acids is 1. The van der Waals surface area contributed by atoms with Crippen molar-refractivity contribution in [2.24, 2.45) is 0 Å². The van der Waals surface area contributed by atoms with Crippen LogP contribution in [-0.4, -0.2) is 29.9 Å². The van der Waals surface area contributed by atoms with E-state index in [9.17, 15) is 4.79 Å². The molecule has 1 amide bonds. The molecule has 0 radical (unpaired) electrons. The highest BCUT2D eigenvalue weighted by Crippen LogP contribution is 2.22. The molecule has 0 saturated carbocycles. The van der Waals surface area contributed by atoms with Crippen molar-refractivity contribution < 1.29 is 4.79 Å². The van der Waals surface area contributed by atoms with E-state index in [2.05, 4.69) is 29.6 Å². The first-order chi connectivity index (χ1) is 12.8. The van der Waals surface area contributed by atoms with Crippen LogP contribution in [0.4, 0.5) is 5.69 Å². The smallest absolute Gasteiger partial charge is 0.253 e. The molecule has 3 nitrogen and oxygen atoms in total. The van der Waals surface area contributed by atoms with Crippen molar-refractivity contribution >= 4 is 11.6 Å². The molecule has 0 aromatic heterocycles. The topological polar surface area (TPSA) is 32.3 Å². The third-order valence-corrected chi connectivity index (χ3v) is 4.86. The molecule has 0 aliphatic carbocycles. The first kappa shape index (κ1) is 16.4. The summed E-state index contributed by atoms with van der Waals surface area (Å²) in [6.45, 7) is 1.54. The molecule has 1 fully saturated rings. The van der Waals surface area contributed by atoms with Gasteiger partial charge in [-0.3, -0.25) is 4.79 Å². The highest BCUT2D eigenvalue weighted by atomic mass is 16.2. The third-order valence-electron chi connectivity index (χ3n) is 4.86. The van der Waals surface area contributed by atoms with Gasteiger partial charge in [0.1, 0.15) is 0 Å². The fourth-order valence-corrected chi connectivity index (χ4v) is 3.45. The van der Waals surface area contributed by atoms with Gasteiger partial charge >= 0.3 is 0 Å². The van der Waals surface area contributed by atoms with E-state index in [1.54, 1.807) is 0 Å². The minimum atomic E-state index is 0.113. The molecule has 1 N–H and O–H groups in total. The van der Waals surface area contributed by atoms with Crippen molar-refractivity contribution in [1.82, 2.24) is 4.90 Å². The zero-order chi connectivity index (χ0) is 17.8. The molecule has 3 heteroatoms. The molecule has 1 heterocycles. The summed E-state index contributed by atoms with van der Waals surface area (Å²) in [6, 6.07) is 28.6. The highest BCUT2D eigenvalue weighted by molar-refractivity contribution is 5.95. The number of rotatable bonds is 4. The molecule has 1 saturated heterocycles. The van der Waals surface area contributed by atoms with Crippen LogP contribution in [-0.2, 0) is 0 Å². The van der Waals surface area contributed by atoms with Crippen LogP contribution < -0.4 is 5.32 Å². The Morgan fingerprint density at radius 1 is 0.808 bits per heavy atom. The lowest BCUT2D eigenvalue weighted by Crippen LogP contribution is -2.31. The van der Waals surface area contributed by atoms with Gasteiger partial charge in [-0.15, -0.1) is 0 Å². The molecule has 0 spiro atoms. The fourth-order valence-electron chi connectivity index (χ4n) is 3.45. The number of nitrogens with one attached hydrogen (secondary N) is 1. The van der Waals surface area contributed by atoms with E-state index in [1.165, 1.54) is 5.56 Å². The van der Waals surface area contributed by atoms with Gasteiger partial charge in [-0.2, -0.15) is 0 Å². The number of nitrogens with zero attached hydrogens (tertiary/aromatic N) is 1. The van der Waals surface area contributed by atoms with Crippen LogP contribution in [0.5, 0.6) is 0 Å². The van der Waals surface area contributed by atoms with Gasteiger partial charge in [-0.25, -0.2) is 0 Å². The summed E-state index contributed by atoms with van der Waals surface area (Å²) in [6.07, 6.45) is 0.975. The minimum Gasteiger partial charge on any atom is -0.380 e.